The first-order chi connectivity index (χ1) is 6.54. The molecule has 0 saturated heterocycles. The Balaban J connectivity index is 0. The van der Waals surface area contributed by atoms with Gasteiger partial charge in [-0.1, -0.05) is 0 Å². The third-order valence-electron chi connectivity index (χ3n) is 1.66. The number of aliphatic hydroxyl groups excluding tert-OH is 5. The zero-order valence-electron chi connectivity index (χ0n) is 7.35. The van der Waals surface area contributed by atoms with Gasteiger partial charge in [-0.05, 0) is 0 Å². The molecule has 0 aliphatic heterocycles. The van der Waals surface area contributed by atoms with Gasteiger partial charge < -0.3 is 30.3 Å². The van der Waals surface area contributed by atoms with Gasteiger partial charge in [-0.3, -0.25) is 4.79 Å². The third-order valence-corrected chi connectivity index (χ3v) is 1.66. The van der Waals surface area contributed by atoms with E-state index in [-0.39, 0.29) is 36.0 Å². The van der Waals surface area contributed by atoms with Gasteiger partial charge in [0, 0.05) is 0 Å². The fourth-order valence-corrected chi connectivity index (χ4v) is 0.800. The monoisotopic (exact) mass is 234 g/mol. The van der Waals surface area contributed by atoms with Crippen molar-refractivity contribution in [3.8, 4) is 0 Å². The molecule has 0 bridgehead atoms. The van der Waals surface area contributed by atoms with Crippen molar-refractivity contribution in [2.75, 3.05) is 13.2 Å². The molecule has 0 aromatic rings. The van der Waals surface area contributed by atoms with Gasteiger partial charge in [-0.25, -0.2) is 0 Å². The second-order valence-corrected chi connectivity index (χ2v) is 2.73. The molecule has 0 amide bonds. The molecule has 15 heavy (non-hydrogen) atoms. The molecule has 0 aliphatic rings. The molecule has 0 rings (SSSR count). The van der Waals surface area contributed by atoms with Crippen molar-refractivity contribution >= 4 is 36.0 Å². The Labute approximate surface area is 109 Å². The summed E-state index contributed by atoms with van der Waals surface area (Å²) in [5.41, 5.74) is 0. The van der Waals surface area contributed by atoms with Crippen molar-refractivity contribution in [2.24, 2.45) is 0 Å². The van der Waals surface area contributed by atoms with Gasteiger partial charge in [0.2, 0.25) is 0 Å². The van der Waals surface area contributed by atoms with Crippen LogP contribution < -0.4 is 0 Å². The van der Waals surface area contributed by atoms with Crippen molar-refractivity contribution in [1.82, 2.24) is 0 Å². The van der Waals surface area contributed by atoms with Gasteiger partial charge in [0.25, 0.3) is 6.47 Å². The van der Waals surface area contributed by atoms with Crippen molar-refractivity contribution in [2.45, 2.75) is 24.4 Å². The van der Waals surface area contributed by atoms with E-state index in [1.54, 1.807) is 0 Å². The summed E-state index contributed by atoms with van der Waals surface area (Å²) in [5.74, 6) is 0. The first-order valence-electron chi connectivity index (χ1n) is 3.93. The molecular formula is C7H15NaO7. The van der Waals surface area contributed by atoms with Crippen LogP contribution in [0.2, 0.25) is 0 Å². The number of carbonyl (C=O) groups excluding carboxylic acids is 1. The van der Waals surface area contributed by atoms with Crippen LogP contribution in [0, 0.1) is 0 Å². The Morgan fingerprint density at radius 1 is 1.07 bits per heavy atom. The Morgan fingerprint density at radius 3 is 1.93 bits per heavy atom. The summed E-state index contributed by atoms with van der Waals surface area (Å²) in [6, 6.07) is 0. The fourth-order valence-electron chi connectivity index (χ4n) is 0.800. The first kappa shape index (κ1) is 17.7. The Morgan fingerprint density at radius 2 is 1.53 bits per heavy atom. The summed E-state index contributed by atoms with van der Waals surface area (Å²) >= 11 is 0. The summed E-state index contributed by atoms with van der Waals surface area (Å²) in [5, 5.41) is 44.6. The number of ether oxygens (including phenoxy) is 1. The summed E-state index contributed by atoms with van der Waals surface area (Å²) in [7, 11) is 0. The number of rotatable bonds is 7. The minimum absolute atomic E-state index is 0. The van der Waals surface area contributed by atoms with Crippen LogP contribution >= 0.6 is 0 Å². The van der Waals surface area contributed by atoms with Crippen LogP contribution in [-0.4, -0.2) is 99.2 Å². The van der Waals surface area contributed by atoms with Gasteiger partial charge in [-0.2, -0.15) is 0 Å². The number of carbonyl (C=O) groups is 1. The van der Waals surface area contributed by atoms with Crippen LogP contribution in [-0.2, 0) is 9.53 Å². The molecule has 0 unspecified atom stereocenters. The molecule has 0 aromatic heterocycles. The first-order valence-corrected chi connectivity index (χ1v) is 3.93. The SMILES string of the molecule is O=COC[C@@H](O)[C@@H](O)[C@H](O)[C@H](O)CO.[NaH]. The molecule has 7 nitrogen and oxygen atoms in total. The molecule has 0 heterocycles. The van der Waals surface area contributed by atoms with Gasteiger partial charge in [-0.15, -0.1) is 0 Å². The van der Waals surface area contributed by atoms with Crippen molar-refractivity contribution in [3.05, 3.63) is 0 Å². The number of hydrogen-bond acceptors (Lipinski definition) is 7. The molecule has 0 aromatic carbocycles. The normalized spacial score (nSPS) is 18.2. The molecule has 0 spiro atoms. The van der Waals surface area contributed by atoms with Crippen molar-refractivity contribution < 1.29 is 35.1 Å². The van der Waals surface area contributed by atoms with Crippen molar-refractivity contribution in [1.29, 1.82) is 0 Å². The fraction of sp³-hybridized carbons (Fsp3) is 0.857. The van der Waals surface area contributed by atoms with Gasteiger partial charge in [0.1, 0.15) is 31.0 Å². The van der Waals surface area contributed by atoms with E-state index in [4.69, 9.17) is 25.5 Å². The van der Waals surface area contributed by atoms with Gasteiger partial charge in [0.05, 0.1) is 6.61 Å². The molecule has 0 saturated carbocycles. The van der Waals surface area contributed by atoms with Crippen LogP contribution in [0.5, 0.6) is 0 Å². The summed E-state index contributed by atoms with van der Waals surface area (Å²) in [4.78, 5) is 9.72. The second-order valence-electron chi connectivity index (χ2n) is 2.73. The van der Waals surface area contributed by atoms with E-state index in [9.17, 15) is 4.79 Å². The molecule has 0 fully saturated rings. The average molecular weight is 234 g/mol. The van der Waals surface area contributed by atoms with Crippen LogP contribution in [0.15, 0.2) is 0 Å². The summed E-state index contributed by atoms with van der Waals surface area (Å²) in [6.07, 6.45) is -6.48. The van der Waals surface area contributed by atoms with E-state index >= 15 is 0 Å². The van der Waals surface area contributed by atoms with Crippen molar-refractivity contribution in [3.63, 3.8) is 0 Å². The maximum absolute atomic E-state index is 9.72. The summed E-state index contributed by atoms with van der Waals surface area (Å²) < 4.78 is 4.13. The molecule has 4 atom stereocenters. The molecular weight excluding hydrogens is 219 g/mol. The Hall–Kier alpha value is 0.270. The molecule has 86 valence electrons. The molecule has 8 heteroatoms. The maximum atomic E-state index is 9.72. The van der Waals surface area contributed by atoms with E-state index in [0.29, 0.717) is 0 Å². The van der Waals surface area contributed by atoms with E-state index < -0.39 is 37.6 Å². The van der Waals surface area contributed by atoms with E-state index in [2.05, 4.69) is 4.74 Å². The standard InChI is InChI=1S/C7H14O7.Na.H/c8-1-4(10)6(12)7(13)5(11)2-14-3-9;;/h3-8,10-13H,1-2H2;;/t4-,5-,6-,7-;;/m1../s1. The summed E-state index contributed by atoms with van der Waals surface area (Å²) in [6.45, 7) is -1.18. The second kappa shape index (κ2) is 9.49. The van der Waals surface area contributed by atoms with Crippen LogP contribution in [0.1, 0.15) is 0 Å². The van der Waals surface area contributed by atoms with E-state index in [1.165, 1.54) is 0 Å². The predicted molar refractivity (Wildman–Crippen MR) is 50.3 cm³/mol. The van der Waals surface area contributed by atoms with E-state index in [1.807, 2.05) is 0 Å². The molecule has 0 aliphatic carbocycles. The topological polar surface area (TPSA) is 127 Å². The van der Waals surface area contributed by atoms with E-state index in [0.717, 1.165) is 0 Å². The minimum atomic E-state index is -1.70. The quantitative estimate of drug-likeness (QED) is 0.224. The zero-order valence-corrected chi connectivity index (χ0v) is 7.35. The predicted octanol–water partition coefficient (Wildman–Crippen LogP) is -4.05. The third kappa shape index (κ3) is 6.44. The Bertz CT molecular complexity index is 167. The Kier molecular flexibility index (Phi) is 11.2. The average Bonchev–Trinajstić information content (AvgIpc) is 2.22. The van der Waals surface area contributed by atoms with Crippen LogP contribution in [0.3, 0.4) is 0 Å². The van der Waals surface area contributed by atoms with Gasteiger partial charge in [0.15, 0.2) is 0 Å². The van der Waals surface area contributed by atoms with Gasteiger partial charge >= 0.3 is 29.6 Å². The zero-order chi connectivity index (χ0) is 11.1. The van der Waals surface area contributed by atoms with Crippen LogP contribution in [0.4, 0.5) is 0 Å². The number of hydrogen-bond donors (Lipinski definition) is 5. The molecule has 0 radical (unpaired) electrons. The molecule has 5 N–H and O–H groups in total. The van der Waals surface area contributed by atoms with Crippen LogP contribution in [0.25, 0.3) is 0 Å². The number of aliphatic hydroxyl groups is 5.